The maximum absolute atomic E-state index is 9.90. The average Bonchev–Trinajstić information content (AvgIpc) is 2.06. The lowest BCUT2D eigenvalue weighted by Gasteiger charge is -2.18. The molecule has 1 rings (SSSR count). The van der Waals surface area contributed by atoms with E-state index in [9.17, 15) is 5.11 Å². The predicted octanol–water partition coefficient (Wildman–Crippen LogP) is 2.47. The zero-order valence-corrected chi connectivity index (χ0v) is 7.49. The summed E-state index contributed by atoms with van der Waals surface area (Å²) in [6.45, 7) is 3.68. The van der Waals surface area contributed by atoms with Crippen LogP contribution in [0.25, 0.3) is 0 Å². The van der Waals surface area contributed by atoms with E-state index in [0.717, 1.165) is 5.56 Å². The standard InChI is InChI=1S/C11H14O/c1-3-9-11(2,12)10-7-5-4-6-8-10/h3-9,12H,1-2H3/b9-3-. The summed E-state index contributed by atoms with van der Waals surface area (Å²) in [5.74, 6) is 0. The number of hydrogen-bond donors (Lipinski definition) is 1. The van der Waals surface area contributed by atoms with Crippen molar-refractivity contribution in [1.82, 2.24) is 0 Å². The van der Waals surface area contributed by atoms with Crippen molar-refractivity contribution in [3.63, 3.8) is 0 Å². The second-order valence-corrected chi connectivity index (χ2v) is 3.01. The molecule has 0 aliphatic rings. The third-order valence-corrected chi connectivity index (χ3v) is 1.85. The summed E-state index contributed by atoms with van der Waals surface area (Å²) in [5, 5.41) is 9.90. The Balaban J connectivity index is 2.97. The van der Waals surface area contributed by atoms with E-state index in [-0.39, 0.29) is 0 Å². The van der Waals surface area contributed by atoms with Crippen molar-refractivity contribution in [3.05, 3.63) is 48.0 Å². The van der Waals surface area contributed by atoms with Gasteiger partial charge in [-0.25, -0.2) is 0 Å². The van der Waals surface area contributed by atoms with Crippen molar-refractivity contribution in [2.75, 3.05) is 0 Å². The minimum Gasteiger partial charge on any atom is -0.381 e. The first-order chi connectivity index (χ1) is 5.67. The number of allylic oxidation sites excluding steroid dienone is 1. The molecule has 0 bridgehead atoms. The van der Waals surface area contributed by atoms with Gasteiger partial charge >= 0.3 is 0 Å². The van der Waals surface area contributed by atoms with E-state index in [2.05, 4.69) is 0 Å². The summed E-state index contributed by atoms with van der Waals surface area (Å²) >= 11 is 0. The molecule has 1 heteroatoms. The summed E-state index contributed by atoms with van der Waals surface area (Å²) in [4.78, 5) is 0. The van der Waals surface area contributed by atoms with E-state index in [1.54, 1.807) is 13.0 Å². The largest absolute Gasteiger partial charge is 0.381 e. The SMILES string of the molecule is C/C=C\C(C)(O)c1ccccc1. The average molecular weight is 162 g/mol. The fourth-order valence-electron chi connectivity index (χ4n) is 1.20. The molecule has 1 unspecified atom stereocenters. The molecule has 64 valence electrons. The van der Waals surface area contributed by atoms with Crippen LogP contribution < -0.4 is 0 Å². The Bertz CT molecular complexity index is 260. The number of rotatable bonds is 2. The van der Waals surface area contributed by atoms with E-state index >= 15 is 0 Å². The molecule has 0 aliphatic heterocycles. The molecule has 0 spiro atoms. The van der Waals surface area contributed by atoms with E-state index in [0.29, 0.717) is 0 Å². The van der Waals surface area contributed by atoms with E-state index < -0.39 is 5.60 Å². The minimum absolute atomic E-state index is 0.837. The molecule has 0 aromatic heterocycles. The predicted molar refractivity (Wildman–Crippen MR) is 50.8 cm³/mol. The third kappa shape index (κ3) is 1.95. The van der Waals surface area contributed by atoms with Gasteiger partial charge in [-0.05, 0) is 19.4 Å². The monoisotopic (exact) mass is 162 g/mol. The van der Waals surface area contributed by atoms with Gasteiger partial charge in [0.1, 0.15) is 5.60 Å². The Hall–Kier alpha value is -1.08. The van der Waals surface area contributed by atoms with Crippen LogP contribution in [0.5, 0.6) is 0 Å². The summed E-state index contributed by atoms with van der Waals surface area (Å²) in [5.41, 5.74) is 0.0822. The second-order valence-electron chi connectivity index (χ2n) is 3.01. The molecule has 1 nitrogen and oxygen atoms in total. The van der Waals surface area contributed by atoms with Crippen molar-refractivity contribution in [3.8, 4) is 0 Å². The van der Waals surface area contributed by atoms with Crippen LogP contribution in [0.1, 0.15) is 19.4 Å². The minimum atomic E-state index is -0.837. The van der Waals surface area contributed by atoms with Gasteiger partial charge in [0.2, 0.25) is 0 Å². The molecule has 1 atom stereocenters. The van der Waals surface area contributed by atoms with Gasteiger partial charge in [0.05, 0.1) is 0 Å². The van der Waals surface area contributed by atoms with E-state index in [1.165, 1.54) is 0 Å². The topological polar surface area (TPSA) is 20.2 Å². The van der Waals surface area contributed by atoms with E-state index in [1.807, 2.05) is 43.3 Å². The first kappa shape index (κ1) is 9.01. The molecule has 0 heterocycles. The van der Waals surface area contributed by atoms with Crippen LogP contribution in [0.2, 0.25) is 0 Å². The molecule has 0 saturated carbocycles. The van der Waals surface area contributed by atoms with Crippen LogP contribution in [0.4, 0.5) is 0 Å². The lowest BCUT2D eigenvalue weighted by Crippen LogP contribution is -2.17. The van der Waals surface area contributed by atoms with E-state index in [4.69, 9.17) is 0 Å². The summed E-state index contributed by atoms with van der Waals surface area (Å²) in [6.07, 6.45) is 3.63. The van der Waals surface area contributed by atoms with Crippen molar-refractivity contribution < 1.29 is 5.11 Å². The maximum Gasteiger partial charge on any atom is 0.105 e. The van der Waals surface area contributed by atoms with Gasteiger partial charge < -0.3 is 5.11 Å². The summed E-state index contributed by atoms with van der Waals surface area (Å²) in [6, 6.07) is 9.62. The molecule has 0 radical (unpaired) electrons. The van der Waals surface area contributed by atoms with Gasteiger partial charge in [-0.15, -0.1) is 0 Å². The fourth-order valence-corrected chi connectivity index (χ4v) is 1.20. The van der Waals surface area contributed by atoms with Crippen LogP contribution in [0, 0.1) is 0 Å². The van der Waals surface area contributed by atoms with Crippen LogP contribution in [-0.4, -0.2) is 5.11 Å². The molecule has 1 aromatic carbocycles. The third-order valence-electron chi connectivity index (χ3n) is 1.85. The fraction of sp³-hybridized carbons (Fsp3) is 0.273. The zero-order valence-electron chi connectivity index (χ0n) is 7.49. The second kappa shape index (κ2) is 3.55. The van der Waals surface area contributed by atoms with Gasteiger partial charge in [0, 0.05) is 0 Å². The molecule has 1 N–H and O–H groups in total. The number of aliphatic hydroxyl groups is 1. The highest BCUT2D eigenvalue weighted by Crippen LogP contribution is 2.21. The number of hydrogen-bond acceptors (Lipinski definition) is 1. The van der Waals surface area contributed by atoms with Crippen molar-refractivity contribution in [2.24, 2.45) is 0 Å². The first-order valence-corrected chi connectivity index (χ1v) is 4.08. The van der Waals surface area contributed by atoms with Crippen LogP contribution in [0.15, 0.2) is 42.5 Å². The molecular formula is C11H14O. The number of benzene rings is 1. The van der Waals surface area contributed by atoms with Crippen molar-refractivity contribution >= 4 is 0 Å². The highest BCUT2D eigenvalue weighted by Gasteiger charge is 2.17. The van der Waals surface area contributed by atoms with Crippen LogP contribution in [0.3, 0.4) is 0 Å². The smallest absolute Gasteiger partial charge is 0.105 e. The van der Waals surface area contributed by atoms with Crippen LogP contribution >= 0.6 is 0 Å². The molecule has 1 aromatic rings. The van der Waals surface area contributed by atoms with Crippen molar-refractivity contribution in [1.29, 1.82) is 0 Å². The molecule has 0 aliphatic carbocycles. The van der Waals surface area contributed by atoms with Gasteiger partial charge in [-0.2, -0.15) is 0 Å². The molecular weight excluding hydrogens is 148 g/mol. The molecule has 0 amide bonds. The summed E-state index contributed by atoms with van der Waals surface area (Å²) in [7, 11) is 0. The van der Waals surface area contributed by atoms with Crippen LogP contribution in [-0.2, 0) is 5.60 Å². The Morgan fingerprint density at radius 3 is 2.33 bits per heavy atom. The normalized spacial score (nSPS) is 16.2. The van der Waals surface area contributed by atoms with Gasteiger partial charge in [-0.3, -0.25) is 0 Å². The quantitative estimate of drug-likeness (QED) is 0.662. The van der Waals surface area contributed by atoms with Gasteiger partial charge in [0.15, 0.2) is 0 Å². The lowest BCUT2D eigenvalue weighted by atomic mass is 9.96. The Morgan fingerprint density at radius 2 is 1.83 bits per heavy atom. The van der Waals surface area contributed by atoms with Gasteiger partial charge in [0.25, 0.3) is 0 Å². The molecule has 12 heavy (non-hydrogen) atoms. The first-order valence-electron chi connectivity index (χ1n) is 4.08. The van der Waals surface area contributed by atoms with Crippen molar-refractivity contribution in [2.45, 2.75) is 19.4 Å². The lowest BCUT2D eigenvalue weighted by molar-refractivity contribution is 0.111. The highest BCUT2D eigenvalue weighted by atomic mass is 16.3. The van der Waals surface area contributed by atoms with Gasteiger partial charge in [-0.1, -0.05) is 42.5 Å². The Kier molecular flexibility index (Phi) is 2.66. The Labute approximate surface area is 73.4 Å². The Morgan fingerprint density at radius 1 is 1.25 bits per heavy atom. The maximum atomic E-state index is 9.90. The summed E-state index contributed by atoms with van der Waals surface area (Å²) < 4.78 is 0. The zero-order chi connectivity index (χ0) is 9.03. The molecule has 0 fully saturated rings. The highest BCUT2D eigenvalue weighted by molar-refractivity contribution is 5.25. The molecule has 0 saturated heterocycles.